The van der Waals surface area contributed by atoms with Gasteiger partial charge in [-0.05, 0) is 104 Å². The largest absolute Gasteiger partial charge is 0.465 e. The van der Waals surface area contributed by atoms with Gasteiger partial charge in [-0.25, -0.2) is 0 Å². The lowest BCUT2D eigenvalue weighted by Gasteiger charge is -2.55. The molecule has 9 unspecified atom stereocenters. The van der Waals surface area contributed by atoms with Gasteiger partial charge in [0.15, 0.2) is 0 Å². The minimum absolute atomic E-state index is 0.00806. The first-order chi connectivity index (χ1) is 15.1. The molecule has 0 aromatic heterocycles. The molecule has 4 fully saturated rings. The maximum atomic E-state index is 13.0. The van der Waals surface area contributed by atoms with Crippen LogP contribution in [-0.2, 0) is 9.53 Å². The Morgan fingerprint density at radius 3 is 2.38 bits per heavy atom. The normalized spacial score (nSPS) is 45.9. The molecule has 0 spiro atoms. The van der Waals surface area contributed by atoms with Crippen LogP contribution in [0.25, 0.3) is 0 Å². The van der Waals surface area contributed by atoms with Crippen molar-refractivity contribution >= 4 is 5.97 Å². The summed E-state index contributed by atoms with van der Waals surface area (Å²) in [6.07, 6.45) is 11.4. The quantitative estimate of drug-likeness (QED) is 0.453. The van der Waals surface area contributed by atoms with E-state index in [-0.39, 0.29) is 23.4 Å². The lowest BCUT2D eigenvalue weighted by atomic mass is 9.48. The van der Waals surface area contributed by atoms with E-state index < -0.39 is 0 Å². The molecule has 4 rings (SSSR count). The number of aliphatic hydroxyl groups excluding tert-OH is 1. The predicted molar refractivity (Wildman–Crippen MR) is 130 cm³/mol. The highest BCUT2D eigenvalue weighted by Crippen LogP contribution is 2.66. The monoisotopic (exact) mass is 446 g/mol. The molecule has 3 saturated carbocycles. The van der Waals surface area contributed by atoms with Gasteiger partial charge in [0.1, 0.15) is 0 Å². The van der Waals surface area contributed by atoms with Crippen LogP contribution in [0.4, 0.5) is 0 Å². The van der Waals surface area contributed by atoms with Crippen LogP contribution in [0.2, 0.25) is 0 Å². The summed E-state index contributed by atoms with van der Waals surface area (Å²) in [5.41, 5.74) is 0.408. The number of esters is 1. The summed E-state index contributed by atoms with van der Waals surface area (Å²) in [5.74, 6) is 4.90. The van der Waals surface area contributed by atoms with Crippen molar-refractivity contribution in [1.82, 2.24) is 0 Å². The molecule has 3 heteroatoms. The molecule has 1 N–H and O–H groups in total. The zero-order valence-electron chi connectivity index (χ0n) is 21.7. The van der Waals surface area contributed by atoms with Gasteiger partial charge in [0.2, 0.25) is 0 Å². The molecular formula is C29H50O3. The minimum Gasteiger partial charge on any atom is -0.465 e. The highest BCUT2D eigenvalue weighted by Gasteiger charge is 2.61. The molecule has 0 radical (unpaired) electrons. The number of hydrogen-bond acceptors (Lipinski definition) is 3. The molecule has 3 aliphatic carbocycles. The van der Waals surface area contributed by atoms with Crippen molar-refractivity contribution in [3.63, 3.8) is 0 Å². The first-order valence-electron chi connectivity index (χ1n) is 14.0. The van der Waals surface area contributed by atoms with Crippen molar-refractivity contribution < 1.29 is 14.6 Å². The summed E-state index contributed by atoms with van der Waals surface area (Å²) < 4.78 is 5.97. The fourth-order valence-electron chi connectivity index (χ4n) is 9.40. The Hall–Kier alpha value is -0.570. The molecule has 0 aromatic carbocycles. The topological polar surface area (TPSA) is 46.5 Å². The Kier molecular flexibility index (Phi) is 7.08. The predicted octanol–water partition coefficient (Wildman–Crippen LogP) is 6.87. The fourth-order valence-corrected chi connectivity index (χ4v) is 9.40. The Morgan fingerprint density at radius 1 is 1.00 bits per heavy atom. The van der Waals surface area contributed by atoms with Gasteiger partial charge in [0.25, 0.3) is 0 Å². The van der Waals surface area contributed by atoms with E-state index in [0.29, 0.717) is 36.2 Å². The molecule has 0 bridgehead atoms. The molecule has 10 atom stereocenters. The number of hydrogen-bond donors (Lipinski definition) is 1. The summed E-state index contributed by atoms with van der Waals surface area (Å²) in [7, 11) is 0. The smallest absolute Gasteiger partial charge is 0.309 e. The number of fused-ring (bicyclic) bond motifs is 5. The van der Waals surface area contributed by atoms with E-state index in [1.807, 2.05) is 0 Å². The van der Waals surface area contributed by atoms with Crippen molar-refractivity contribution in [2.45, 2.75) is 112 Å². The lowest BCUT2D eigenvalue weighted by molar-refractivity contribution is -0.155. The molecular weight excluding hydrogens is 396 g/mol. The Bertz CT molecular complexity index is 673. The molecule has 3 nitrogen and oxygen atoms in total. The molecule has 1 aliphatic heterocycles. The van der Waals surface area contributed by atoms with Gasteiger partial charge < -0.3 is 9.84 Å². The van der Waals surface area contributed by atoms with Crippen molar-refractivity contribution in [1.29, 1.82) is 0 Å². The maximum absolute atomic E-state index is 13.0. The van der Waals surface area contributed by atoms with Crippen LogP contribution < -0.4 is 0 Å². The van der Waals surface area contributed by atoms with Crippen molar-refractivity contribution in [2.24, 2.45) is 58.2 Å². The summed E-state index contributed by atoms with van der Waals surface area (Å²) in [4.78, 5) is 13.0. The SMILES string of the molecule is CCC(CC[C@@H](C)C1CCC2C3COC(=O)C4CC(O)CCC4(C)C3CCC21C)C(C)C. The lowest BCUT2D eigenvalue weighted by Crippen LogP contribution is -2.51. The first kappa shape index (κ1) is 24.6. The van der Waals surface area contributed by atoms with Crippen LogP contribution in [-0.4, -0.2) is 23.8 Å². The van der Waals surface area contributed by atoms with Crippen LogP contribution in [0.15, 0.2) is 0 Å². The average Bonchev–Trinajstić information content (AvgIpc) is 3.05. The summed E-state index contributed by atoms with van der Waals surface area (Å²) in [5, 5.41) is 10.3. The van der Waals surface area contributed by atoms with Crippen LogP contribution in [0.1, 0.15) is 106 Å². The van der Waals surface area contributed by atoms with E-state index in [2.05, 4.69) is 41.5 Å². The fraction of sp³-hybridized carbons (Fsp3) is 0.966. The van der Waals surface area contributed by atoms with Gasteiger partial charge in [-0.15, -0.1) is 0 Å². The number of carbonyl (C=O) groups excluding carboxylic acids is 1. The molecule has 1 saturated heterocycles. The van der Waals surface area contributed by atoms with Gasteiger partial charge >= 0.3 is 5.97 Å². The summed E-state index contributed by atoms with van der Waals surface area (Å²) in [6, 6.07) is 0. The van der Waals surface area contributed by atoms with Crippen molar-refractivity contribution in [3.8, 4) is 0 Å². The standard InChI is InChI=1S/C29H50O3/c1-7-20(18(2)3)9-8-19(4)23-10-11-24-22-17-32-27(31)26-16-21(30)12-14-29(26,6)25(22)13-15-28(23,24)5/h18-26,30H,7-17H2,1-6H3/t19-,20?,21?,22?,23?,24?,25?,26?,28?,29?/m1/s1. The highest BCUT2D eigenvalue weighted by molar-refractivity contribution is 5.74. The van der Waals surface area contributed by atoms with Crippen LogP contribution >= 0.6 is 0 Å². The zero-order valence-corrected chi connectivity index (χ0v) is 21.7. The molecule has 32 heavy (non-hydrogen) atoms. The summed E-state index contributed by atoms with van der Waals surface area (Å²) >= 11 is 0. The van der Waals surface area contributed by atoms with Gasteiger partial charge in [-0.2, -0.15) is 0 Å². The van der Waals surface area contributed by atoms with Gasteiger partial charge in [-0.1, -0.05) is 54.4 Å². The zero-order chi connectivity index (χ0) is 23.3. The van der Waals surface area contributed by atoms with Crippen molar-refractivity contribution in [3.05, 3.63) is 0 Å². The van der Waals surface area contributed by atoms with Gasteiger partial charge in [-0.3, -0.25) is 4.79 Å². The third-order valence-corrected chi connectivity index (χ3v) is 11.5. The van der Waals surface area contributed by atoms with Crippen molar-refractivity contribution in [2.75, 3.05) is 6.61 Å². The second-order valence-electron chi connectivity index (χ2n) is 13.2. The maximum Gasteiger partial charge on any atom is 0.309 e. The molecule has 184 valence electrons. The minimum atomic E-state index is -0.333. The first-order valence-corrected chi connectivity index (χ1v) is 14.0. The average molecular weight is 447 g/mol. The van der Waals surface area contributed by atoms with Gasteiger partial charge in [0, 0.05) is 0 Å². The second kappa shape index (κ2) is 9.23. The Morgan fingerprint density at radius 2 is 1.69 bits per heavy atom. The third-order valence-electron chi connectivity index (χ3n) is 11.5. The Labute approximate surface area is 197 Å². The molecule has 4 aliphatic rings. The second-order valence-corrected chi connectivity index (χ2v) is 13.2. The summed E-state index contributed by atoms with van der Waals surface area (Å²) in [6.45, 7) is 15.2. The number of rotatable bonds is 6. The molecule has 1 heterocycles. The van der Waals surface area contributed by atoms with E-state index in [9.17, 15) is 9.90 Å². The third kappa shape index (κ3) is 4.07. The van der Waals surface area contributed by atoms with Crippen LogP contribution in [0.5, 0.6) is 0 Å². The number of ether oxygens (including phenoxy) is 1. The number of carbonyl (C=O) groups is 1. The van der Waals surface area contributed by atoms with E-state index >= 15 is 0 Å². The highest BCUT2D eigenvalue weighted by atomic mass is 16.5. The van der Waals surface area contributed by atoms with Crippen LogP contribution in [0, 0.1) is 58.2 Å². The van der Waals surface area contributed by atoms with E-state index in [1.54, 1.807) is 0 Å². The van der Waals surface area contributed by atoms with E-state index in [1.165, 1.54) is 44.9 Å². The van der Waals surface area contributed by atoms with Gasteiger partial charge in [0.05, 0.1) is 18.6 Å². The van der Waals surface area contributed by atoms with Crippen LogP contribution in [0.3, 0.4) is 0 Å². The number of aliphatic hydroxyl groups is 1. The van der Waals surface area contributed by atoms with E-state index in [0.717, 1.165) is 36.5 Å². The Balaban J connectivity index is 1.51. The molecule has 0 aromatic rings. The molecule has 0 amide bonds. The van der Waals surface area contributed by atoms with E-state index in [4.69, 9.17) is 4.74 Å². The number of cyclic esters (lactones) is 1.